The molecule has 2 aliphatic rings. The number of ether oxygens (including phenoxy) is 1. The number of carbonyl (C=O) groups excluding carboxylic acids is 1. The van der Waals surface area contributed by atoms with E-state index in [2.05, 4.69) is 5.32 Å². The molecule has 96 valence electrons. The minimum absolute atomic E-state index is 0.180. The maximum Gasteiger partial charge on any atom is 0.410 e. The van der Waals surface area contributed by atoms with Crippen molar-refractivity contribution in [3.05, 3.63) is 35.9 Å². The molecule has 0 bridgehead atoms. The second-order valence-corrected chi connectivity index (χ2v) is 5.09. The average molecular weight is 246 g/mol. The van der Waals surface area contributed by atoms with Gasteiger partial charge in [-0.1, -0.05) is 30.3 Å². The van der Waals surface area contributed by atoms with Gasteiger partial charge in [0.15, 0.2) is 0 Å². The van der Waals surface area contributed by atoms with Crippen LogP contribution in [-0.2, 0) is 11.3 Å². The number of nitrogens with one attached hydrogen (secondary N) is 1. The van der Waals surface area contributed by atoms with Gasteiger partial charge in [0.25, 0.3) is 0 Å². The Kier molecular flexibility index (Phi) is 2.96. The highest BCUT2D eigenvalue weighted by atomic mass is 16.6. The highest BCUT2D eigenvalue weighted by Gasteiger charge is 2.56. The third kappa shape index (κ3) is 2.08. The van der Waals surface area contributed by atoms with Crippen molar-refractivity contribution >= 4 is 6.09 Å². The molecule has 2 fully saturated rings. The molecule has 0 radical (unpaired) electrons. The summed E-state index contributed by atoms with van der Waals surface area (Å²) in [6.07, 6.45) is -0.180. The maximum atomic E-state index is 11.9. The summed E-state index contributed by atoms with van der Waals surface area (Å²) in [6, 6.07) is 10.4. The molecule has 1 N–H and O–H groups in total. The van der Waals surface area contributed by atoms with Crippen molar-refractivity contribution in [2.75, 3.05) is 20.1 Å². The van der Waals surface area contributed by atoms with Gasteiger partial charge in [-0.25, -0.2) is 4.79 Å². The average Bonchev–Trinajstić information content (AvgIpc) is 2.88. The van der Waals surface area contributed by atoms with Crippen LogP contribution in [0, 0.1) is 11.8 Å². The second kappa shape index (κ2) is 4.61. The van der Waals surface area contributed by atoms with E-state index in [1.165, 1.54) is 0 Å². The van der Waals surface area contributed by atoms with Crippen molar-refractivity contribution in [2.24, 2.45) is 11.8 Å². The van der Waals surface area contributed by atoms with E-state index in [1.54, 1.807) is 0 Å². The smallest absolute Gasteiger partial charge is 0.410 e. The molecule has 1 amide bonds. The number of likely N-dealkylation sites (tertiary alicyclic amines) is 1. The van der Waals surface area contributed by atoms with Gasteiger partial charge >= 0.3 is 6.09 Å². The standard InChI is InChI=1S/C14H18N2O2/c1-15-13-11-7-16(8-12(11)13)14(17)18-9-10-5-3-2-4-6-10/h2-6,11-13,15H,7-9H2,1H3/t11-,12+,13?. The van der Waals surface area contributed by atoms with Crippen LogP contribution in [0.3, 0.4) is 0 Å². The highest BCUT2D eigenvalue weighted by molar-refractivity contribution is 5.68. The van der Waals surface area contributed by atoms with E-state index in [0.717, 1.165) is 18.7 Å². The Morgan fingerprint density at radius 2 is 2.00 bits per heavy atom. The fourth-order valence-electron chi connectivity index (χ4n) is 2.91. The lowest BCUT2D eigenvalue weighted by atomic mass is 10.2. The molecule has 1 heterocycles. The van der Waals surface area contributed by atoms with E-state index in [4.69, 9.17) is 4.74 Å². The molecule has 1 aromatic carbocycles. The Morgan fingerprint density at radius 3 is 2.61 bits per heavy atom. The normalized spacial score (nSPS) is 28.9. The molecular weight excluding hydrogens is 228 g/mol. The quantitative estimate of drug-likeness (QED) is 0.878. The van der Waals surface area contributed by atoms with Crippen LogP contribution >= 0.6 is 0 Å². The van der Waals surface area contributed by atoms with E-state index in [0.29, 0.717) is 24.5 Å². The summed E-state index contributed by atoms with van der Waals surface area (Å²) in [4.78, 5) is 13.7. The first-order chi connectivity index (χ1) is 8.79. The molecule has 1 saturated heterocycles. The Hall–Kier alpha value is -1.55. The van der Waals surface area contributed by atoms with Crippen LogP contribution in [0.25, 0.3) is 0 Å². The summed E-state index contributed by atoms with van der Waals surface area (Å²) < 4.78 is 5.32. The lowest BCUT2D eigenvalue weighted by Crippen LogP contribution is -2.35. The summed E-state index contributed by atoms with van der Waals surface area (Å²) in [5, 5.41) is 3.28. The van der Waals surface area contributed by atoms with E-state index in [-0.39, 0.29) is 6.09 Å². The van der Waals surface area contributed by atoms with Crippen LogP contribution in [0.15, 0.2) is 30.3 Å². The number of nitrogens with zero attached hydrogens (tertiary/aromatic N) is 1. The first-order valence-corrected chi connectivity index (χ1v) is 6.42. The Morgan fingerprint density at radius 1 is 1.33 bits per heavy atom. The van der Waals surface area contributed by atoms with Crippen LogP contribution in [0.5, 0.6) is 0 Å². The van der Waals surface area contributed by atoms with Crippen molar-refractivity contribution in [1.29, 1.82) is 0 Å². The van der Waals surface area contributed by atoms with Gasteiger partial charge in [-0.05, 0) is 24.4 Å². The van der Waals surface area contributed by atoms with Crippen molar-refractivity contribution in [2.45, 2.75) is 12.6 Å². The van der Waals surface area contributed by atoms with Gasteiger partial charge in [-0.15, -0.1) is 0 Å². The van der Waals surface area contributed by atoms with Gasteiger partial charge < -0.3 is 15.0 Å². The Labute approximate surface area is 107 Å². The predicted octanol–water partition coefficient (Wildman–Crippen LogP) is 1.47. The van der Waals surface area contributed by atoms with Crippen LogP contribution in [0.2, 0.25) is 0 Å². The van der Waals surface area contributed by atoms with Gasteiger partial charge in [0.2, 0.25) is 0 Å². The SMILES string of the molecule is CNC1[C@H]2CN(C(=O)OCc3ccccc3)C[C@@H]12. The van der Waals surface area contributed by atoms with Gasteiger partial charge in [0.05, 0.1) is 0 Å². The molecule has 1 aliphatic heterocycles. The molecule has 0 spiro atoms. The van der Waals surface area contributed by atoms with Gasteiger partial charge in [0, 0.05) is 19.1 Å². The van der Waals surface area contributed by atoms with E-state index in [9.17, 15) is 4.79 Å². The van der Waals surface area contributed by atoms with Gasteiger partial charge in [-0.2, -0.15) is 0 Å². The monoisotopic (exact) mass is 246 g/mol. The zero-order chi connectivity index (χ0) is 12.5. The fourth-order valence-corrected chi connectivity index (χ4v) is 2.91. The van der Waals surface area contributed by atoms with Crippen LogP contribution < -0.4 is 5.32 Å². The number of carbonyl (C=O) groups is 1. The third-order valence-electron chi connectivity index (χ3n) is 3.99. The number of piperidine rings is 1. The zero-order valence-corrected chi connectivity index (χ0v) is 10.5. The van der Waals surface area contributed by atoms with Crippen molar-refractivity contribution < 1.29 is 9.53 Å². The summed E-state index contributed by atoms with van der Waals surface area (Å²) in [5.74, 6) is 1.28. The predicted molar refractivity (Wildman–Crippen MR) is 68.0 cm³/mol. The van der Waals surface area contributed by atoms with E-state index >= 15 is 0 Å². The second-order valence-electron chi connectivity index (χ2n) is 5.09. The minimum Gasteiger partial charge on any atom is -0.445 e. The molecule has 3 rings (SSSR count). The summed E-state index contributed by atoms with van der Waals surface area (Å²) in [6.45, 7) is 2.04. The number of amides is 1. The molecular formula is C14H18N2O2. The molecule has 18 heavy (non-hydrogen) atoms. The summed E-state index contributed by atoms with van der Waals surface area (Å²) in [7, 11) is 1.99. The van der Waals surface area contributed by atoms with Crippen molar-refractivity contribution in [3.8, 4) is 0 Å². The third-order valence-corrected chi connectivity index (χ3v) is 3.99. The molecule has 4 heteroatoms. The number of benzene rings is 1. The van der Waals surface area contributed by atoms with Crippen LogP contribution in [-0.4, -0.2) is 37.2 Å². The fraction of sp³-hybridized carbons (Fsp3) is 0.500. The lowest BCUT2D eigenvalue weighted by molar-refractivity contribution is 0.0995. The molecule has 4 nitrogen and oxygen atoms in total. The molecule has 1 aromatic rings. The number of hydrogen-bond acceptors (Lipinski definition) is 3. The topological polar surface area (TPSA) is 41.6 Å². The highest BCUT2D eigenvalue weighted by Crippen LogP contribution is 2.45. The lowest BCUT2D eigenvalue weighted by Gasteiger charge is -2.19. The minimum atomic E-state index is -0.180. The Bertz CT molecular complexity index is 423. The molecule has 1 aliphatic carbocycles. The molecule has 1 saturated carbocycles. The van der Waals surface area contributed by atoms with E-state index in [1.807, 2.05) is 42.3 Å². The van der Waals surface area contributed by atoms with Crippen LogP contribution in [0.1, 0.15) is 5.56 Å². The molecule has 0 aromatic heterocycles. The summed E-state index contributed by atoms with van der Waals surface area (Å²) >= 11 is 0. The maximum absolute atomic E-state index is 11.9. The van der Waals surface area contributed by atoms with Gasteiger partial charge in [0.1, 0.15) is 6.61 Å². The molecule has 3 atom stereocenters. The number of hydrogen-bond donors (Lipinski definition) is 1. The molecule has 1 unspecified atom stereocenters. The van der Waals surface area contributed by atoms with Crippen LogP contribution in [0.4, 0.5) is 4.79 Å². The van der Waals surface area contributed by atoms with Gasteiger partial charge in [-0.3, -0.25) is 0 Å². The largest absolute Gasteiger partial charge is 0.445 e. The van der Waals surface area contributed by atoms with E-state index < -0.39 is 0 Å². The number of rotatable bonds is 3. The zero-order valence-electron chi connectivity index (χ0n) is 10.5. The number of fused-ring (bicyclic) bond motifs is 1. The first-order valence-electron chi connectivity index (χ1n) is 6.42. The Balaban J connectivity index is 1.46. The summed E-state index contributed by atoms with van der Waals surface area (Å²) in [5.41, 5.74) is 1.03. The van der Waals surface area contributed by atoms with Crippen molar-refractivity contribution in [3.63, 3.8) is 0 Å². The van der Waals surface area contributed by atoms with Crippen molar-refractivity contribution in [1.82, 2.24) is 10.2 Å². The first kappa shape index (κ1) is 11.5.